The van der Waals surface area contributed by atoms with Gasteiger partial charge in [-0.05, 0) is 25.0 Å². The summed E-state index contributed by atoms with van der Waals surface area (Å²) in [7, 11) is 0. The van der Waals surface area contributed by atoms with Gasteiger partial charge in [-0.15, -0.1) is 0 Å². The summed E-state index contributed by atoms with van der Waals surface area (Å²) in [6, 6.07) is 10.3. The van der Waals surface area contributed by atoms with Crippen LogP contribution in [0.4, 0.5) is 0 Å². The quantitative estimate of drug-likeness (QED) is 0.694. The number of aromatic nitrogens is 1. The van der Waals surface area contributed by atoms with Crippen molar-refractivity contribution >= 4 is 22.5 Å². The van der Waals surface area contributed by atoms with Crippen LogP contribution >= 0.6 is 11.6 Å². The molecule has 0 atom stereocenters. The predicted molar refractivity (Wildman–Crippen MR) is 72.6 cm³/mol. The maximum Gasteiger partial charge on any atom is 0.0706 e. The van der Waals surface area contributed by atoms with Crippen molar-refractivity contribution < 1.29 is 0 Å². The Morgan fingerprint density at radius 1 is 1.06 bits per heavy atom. The van der Waals surface area contributed by atoms with Gasteiger partial charge in [0.1, 0.15) is 0 Å². The molecule has 1 saturated carbocycles. The highest BCUT2D eigenvalue weighted by molar-refractivity contribution is 6.31. The highest BCUT2D eigenvalue weighted by Gasteiger charge is 2.19. The van der Waals surface area contributed by atoms with Crippen LogP contribution < -0.4 is 0 Å². The fraction of sp³-hybridized carbons (Fsp3) is 0.400. The van der Waals surface area contributed by atoms with Gasteiger partial charge in [0, 0.05) is 11.3 Å². The molecule has 0 aliphatic heterocycles. The van der Waals surface area contributed by atoms with Crippen molar-refractivity contribution in [3.05, 3.63) is 41.0 Å². The van der Waals surface area contributed by atoms with Gasteiger partial charge >= 0.3 is 0 Å². The van der Waals surface area contributed by atoms with E-state index >= 15 is 0 Å². The van der Waals surface area contributed by atoms with Crippen molar-refractivity contribution in [1.29, 1.82) is 0 Å². The number of rotatable bonds is 1. The molecule has 0 saturated heterocycles. The Bertz CT molecular complexity index is 529. The summed E-state index contributed by atoms with van der Waals surface area (Å²) in [6.07, 6.45) is 6.48. The van der Waals surface area contributed by atoms with Crippen LogP contribution in [0.1, 0.15) is 43.7 Å². The van der Waals surface area contributed by atoms with E-state index in [2.05, 4.69) is 18.2 Å². The van der Waals surface area contributed by atoms with Crippen LogP contribution in [0, 0.1) is 0 Å². The molecule has 3 rings (SSSR count). The first kappa shape index (κ1) is 11.0. The lowest BCUT2D eigenvalue weighted by Crippen LogP contribution is -2.07. The molecule has 17 heavy (non-hydrogen) atoms. The van der Waals surface area contributed by atoms with E-state index in [1.54, 1.807) is 0 Å². The first-order chi connectivity index (χ1) is 8.34. The molecule has 0 bridgehead atoms. The van der Waals surface area contributed by atoms with Gasteiger partial charge in [0.15, 0.2) is 0 Å². The molecule has 1 aromatic heterocycles. The summed E-state index contributed by atoms with van der Waals surface area (Å²) in [4.78, 5) is 4.77. The second-order valence-corrected chi connectivity index (χ2v) is 5.29. The van der Waals surface area contributed by atoms with Crippen molar-refractivity contribution in [3.8, 4) is 0 Å². The summed E-state index contributed by atoms with van der Waals surface area (Å²) in [5.41, 5.74) is 2.18. The number of fused-ring (bicyclic) bond motifs is 1. The maximum absolute atomic E-state index is 6.37. The summed E-state index contributed by atoms with van der Waals surface area (Å²) < 4.78 is 0. The first-order valence-electron chi connectivity index (χ1n) is 6.40. The Kier molecular flexibility index (Phi) is 3.02. The molecule has 1 aliphatic carbocycles. The second kappa shape index (κ2) is 4.66. The van der Waals surface area contributed by atoms with Crippen molar-refractivity contribution in [3.63, 3.8) is 0 Å². The van der Waals surface area contributed by atoms with Crippen molar-refractivity contribution in [2.75, 3.05) is 0 Å². The van der Waals surface area contributed by atoms with Crippen LogP contribution in [0.3, 0.4) is 0 Å². The fourth-order valence-electron chi connectivity index (χ4n) is 2.77. The summed E-state index contributed by atoms with van der Waals surface area (Å²) in [5, 5.41) is 1.98. The molecule has 1 fully saturated rings. The Balaban J connectivity index is 2.06. The van der Waals surface area contributed by atoms with Gasteiger partial charge in [-0.1, -0.05) is 49.1 Å². The maximum atomic E-state index is 6.37. The number of hydrogen-bond acceptors (Lipinski definition) is 1. The molecule has 0 radical (unpaired) electrons. The summed E-state index contributed by atoms with van der Waals surface area (Å²) >= 11 is 6.37. The highest BCUT2D eigenvalue weighted by atomic mass is 35.5. The molecular weight excluding hydrogens is 230 g/mol. The molecule has 1 aliphatic rings. The van der Waals surface area contributed by atoms with Gasteiger partial charge in [0.2, 0.25) is 0 Å². The second-order valence-electron chi connectivity index (χ2n) is 4.88. The molecule has 0 N–H and O–H groups in total. The minimum Gasteiger partial charge on any atom is -0.251 e. The summed E-state index contributed by atoms with van der Waals surface area (Å²) in [5.74, 6) is 0.570. The van der Waals surface area contributed by atoms with Gasteiger partial charge in [-0.2, -0.15) is 0 Å². The van der Waals surface area contributed by atoms with Crippen LogP contribution in [0.15, 0.2) is 30.3 Å². The molecule has 0 amide bonds. The van der Waals surface area contributed by atoms with Gasteiger partial charge in [0.25, 0.3) is 0 Å². The summed E-state index contributed by atoms with van der Waals surface area (Å²) in [6.45, 7) is 0. The Morgan fingerprint density at radius 3 is 2.65 bits per heavy atom. The molecule has 0 unspecified atom stereocenters. The zero-order valence-corrected chi connectivity index (χ0v) is 10.6. The number of halogens is 1. The Hall–Kier alpha value is -1.08. The van der Waals surface area contributed by atoms with E-state index in [0.717, 1.165) is 21.6 Å². The first-order valence-corrected chi connectivity index (χ1v) is 6.77. The van der Waals surface area contributed by atoms with E-state index in [9.17, 15) is 0 Å². The van der Waals surface area contributed by atoms with Crippen molar-refractivity contribution in [1.82, 2.24) is 4.98 Å². The van der Waals surface area contributed by atoms with Crippen LogP contribution in [0.5, 0.6) is 0 Å². The van der Waals surface area contributed by atoms with E-state index in [-0.39, 0.29) is 0 Å². The van der Waals surface area contributed by atoms with Crippen LogP contribution in [0.2, 0.25) is 5.02 Å². The molecule has 1 nitrogen and oxygen atoms in total. The third kappa shape index (κ3) is 2.16. The van der Waals surface area contributed by atoms with Gasteiger partial charge in [-0.25, -0.2) is 0 Å². The monoisotopic (exact) mass is 245 g/mol. The molecular formula is C15H16ClN. The highest BCUT2D eigenvalue weighted by Crippen LogP contribution is 2.36. The lowest BCUT2D eigenvalue weighted by molar-refractivity contribution is 0.437. The van der Waals surface area contributed by atoms with Gasteiger partial charge < -0.3 is 0 Å². The van der Waals surface area contributed by atoms with Crippen LogP contribution in [0.25, 0.3) is 10.9 Å². The van der Waals surface area contributed by atoms with Crippen LogP contribution in [-0.4, -0.2) is 4.98 Å². The molecule has 2 aromatic rings. The largest absolute Gasteiger partial charge is 0.251 e. The Morgan fingerprint density at radius 2 is 1.82 bits per heavy atom. The number of para-hydroxylation sites is 1. The third-order valence-electron chi connectivity index (χ3n) is 3.70. The normalized spacial score (nSPS) is 17.5. The van der Waals surface area contributed by atoms with E-state index in [0.29, 0.717) is 5.92 Å². The van der Waals surface area contributed by atoms with Gasteiger partial charge in [-0.3, -0.25) is 4.98 Å². The molecule has 2 heteroatoms. The fourth-order valence-corrected chi connectivity index (χ4v) is 3.08. The van der Waals surface area contributed by atoms with E-state index in [1.807, 2.05) is 12.1 Å². The number of hydrogen-bond donors (Lipinski definition) is 0. The predicted octanol–water partition coefficient (Wildman–Crippen LogP) is 4.94. The number of nitrogens with zero attached hydrogens (tertiary/aromatic N) is 1. The van der Waals surface area contributed by atoms with Crippen molar-refractivity contribution in [2.24, 2.45) is 0 Å². The van der Waals surface area contributed by atoms with E-state index in [1.165, 1.54) is 32.1 Å². The lowest BCUT2D eigenvalue weighted by atomic mass is 9.86. The lowest BCUT2D eigenvalue weighted by Gasteiger charge is -2.22. The molecule has 0 spiro atoms. The number of benzene rings is 1. The van der Waals surface area contributed by atoms with Gasteiger partial charge in [0.05, 0.1) is 16.2 Å². The molecule has 1 aromatic carbocycles. The smallest absolute Gasteiger partial charge is 0.0706 e. The average molecular weight is 246 g/mol. The average Bonchev–Trinajstić information content (AvgIpc) is 2.39. The molecule has 1 heterocycles. The zero-order chi connectivity index (χ0) is 11.7. The van der Waals surface area contributed by atoms with E-state index in [4.69, 9.17) is 16.6 Å². The minimum atomic E-state index is 0.570. The van der Waals surface area contributed by atoms with Crippen LogP contribution in [-0.2, 0) is 0 Å². The zero-order valence-electron chi connectivity index (χ0n) is 9.82. The van der Waals surface area contributed by atoms with E-state index < -0.39 is 0 Å². The third-order valence-corrected chi connectivity index (χ3v) is 4.00. The molecule has 88 valence electrons. The standard InChI is InChI=1S/C15H16ClN/c16-13-10-12-8-4-5-9-14(12)17-15(13)11-6-2-1-3-7-11/h4-5,8-11H,1-3,6-7H2. The SMILES string of the molecule is Clc1cc2ccccc2nc1C1CCCCC1. The number of pyridine rings is 1. The van der Waals surface area contributed by atoms with Crippen molar-refractivity contribution in [2.45, 2.75) is 38.0 Å². The minimum absolute atomic E-state index is 0.570. The Labute approximate surface area is 107 Å². The topological polar surface area (TPSA) is 12.9 Å².